The first-order chi connectivity index (χ1) is 19.9. The number of ether oxygens (including phenoxy) is 1. The minimum atomic E-state index is -1.05. The van der Waals surface area contributed by atoms with Gasteiger partial charge in [0.1, 0.15) is 11.9 Å². The van der Waals surface area contributed by atoms with Crippen molar-refractivity contribution in [2.24, 2.45) is 7.05 Å². The predicted octanol–water partition coefficient (Wildman–Crippen LogP) is 4.93. The molecule has 41 heavy (non-hydrogen) atoms. The van der Waals surface area contributed by atoms with Gasteiger partial charge in [0.2, 0.25) is 5.78 Å². The molecule has 1 saturated carbocycles. The molecule has 1 aromatic heterocycles. The fourth-order valence-electron chi connectivity index (χ4n) is 5.38. The van der Waals surface area contributed by atoms with Gasteiger partial charge < -0.3 is 20.1 Å². The molecule has 6 rings (SSSR count). The number of nitrogens with zero attached hydrogens (tertiary/aromatic N) is 3. The van der Waals surface area contributed by atoms with Crippen LogP contribution in [0.15, 0.2) is 66.9 Å². The molecule has 2 aliphatic rings. The van der Waals surface area contributed by atoms with E-state index in [1.54, 1.807) is 30.3 Å². The molecule has 8 nitrogen and oxygen atoms in total. The van der Waals surface area contributed by atoms with Gasteiger partial charge in [-0.2, -0.15) is 5.10 Å². The Labute approximate surface area is 243 Å². The monoisotopic (exact) mass is 572 g/mol. The van der Waals surface area contributed by atoms with Crippen molar-refractivity contribution in [3.05, 3.63) is 83.0 Å². The lowest BCUT2D eigenvalue weighted by molar-refractivity contribution is -0.118. The van der Waals surface area contributed by atoms with E-state index in [0.717, 1.165) is 60.8 Å². The highest BCUT2D eigenvalue weighted by molar-refractivity contribution is 6.42. The van der Waals surface area contributed by atoms with Gasteiger partial charge in [-0.3, -0.25) is 14.3 Å². The maximum Gasteiger partial charge on any atom is 0.292 e. The van der Waals surface area contributed by atoms with Gasteiger partial charge in [-0.05, 0) is 79.7 Å². The largest absolute Gasteiger partial charge is 0.489 e. The third-order valence-electron chi connectivity index (χ3n) is 7.90. The van der Waals surface area contributed by atoms with Gasteiger partial charge in [0, 0.05) is 24.5 Å². The number of ketones is 1. The Bertz CT molecular complexity index is 1570. The van der Waals surface area contributed by atoms with Crippen molar-refractivity contribution in [1.82, 2.24) is 20.0 Å². The fourth-order valence-corrected chi connectivity index (χ4v) is 5.62. The molecule has 212 valence electrons. The highest BCUT2D eigenvalue weighted by Gasteiger charge is 2.30. The second-order valence-electron chi connectivity index (χ2n) is 11.0. The van der Waals surface area contributed by atoms with Crippen LogP contribution in [0.4, 0.5) is 0 Å². The Balaban J connectivity index is 1.16. The smallest absolute Gasteiger partial charge is 0.292 e. The lowest BCUT2D eigenvalue weighted by Gasteiger charge is -2.28. The van der Waals surface area contributed by atoms with Crippen LogP contribution >= 0.6 is 11.6 Å². The van der Waals surface area contributed by atoms with Crippen LogP contribution in [-0.2, 0) is 11.8 Å². The van der Waals surface area contributed by atoms with Crippen LogP contribution in [0.2, 0.25) is 5.02 Å². The molecular weight excluding hydrogens is 540 g/mol. The van der Waals surface area contributed by atoms with Crippen LogP contribution in [0.5, 0.6) is 5.75 Å². The molecule has 4 aromatic rings. The first-order valence-corrected chi connectivity index (χ1v) is 14.5. The standard InChI is InChI=1S/C32H33ClN4O4/c1-36-28-12-8-22(16-24(28)18-34-36)20-4-6-21(7-5-20)31(39)32(40)35-27(19-37-14-2-3-15-37)30(38)23-9-13-29(26(33)17-23)41-25-10-11-25/h4-9,12-13,16-18,25,27,30,38H,2-3,10-11,14-15,19H2,1H3,(H,35,40)/t27-,30-/m1/s1. The Morgan fingerprint density at radius 2 is 1.78 bits per heavy atom. The quantitative estimate of drug-likeness (QED) is 0.207. The molecule has 1 amide bonds. The molecule has 1 aliphatic heterocycles. The van der Waals surface area contributed by atoms with Crippen molar-refractivity contribution >= 4 is 34.2 Å². The van der Waals surface area contributed by atoms with Crippen molar-refractivity contribution in [1.29, 1.82) is 0 Å². The first kappa shape index (κ1) is 27.4. The van der Waals surface area contributed by atoms with E-state index in [1.165, 1.54) is 0 Å². The summed E-state index contributed by atoms with van der Waals surface area (Å²) in [6, 6.07) is 17.6. The topological polar surface area (TPSA) is 96.7 Å². The third-order valence-corrected chi connectivity index (χ3v) is 8.19. The summed E-state index contributed by atoms with van der Waals surface area (Å²) in [5.74, 6) is -0.814. The number of amides is 1. The number of aryl methyl sites for hydroxylation is 1. The Morgan fingerprint density at radius 3 is 2.49 bits per heavy atom. The lowest BCUT2D eigenvalue weighted by atomic mass is 9.99. The summed E-state index contributed by atoms with van der Waals surface area (Å²) in [6.07, 6.45) is 5.13. The summed E-state index contributed by atoms with van der Waals surface area (Å²) < 4.78 is 7.64. The minimum Gasteiger partial charge on any atom is -0.489 e. The zero-order chi connectivity index (χ0) is 28.5. The van der Waals surface area contributed by atoms with Gasteiger partial charge >= 0.3 is 0 Å². The zero-order valence-electron chi connectivity index (χ0n) is 22.9. The van der Waals surface area contributed by atoms with E-state index < -0.39 is 23.8 Å². The van der Waals surface area contributed by atoms with E-state index >= 15 is 0 Å². The molecule has 2 N–H and O–H groups in total. The fraction of sp³-hybridized carbons (Fsp3) is 0.344. The average molecular weight is 573 g/mol. The predicted molar refractivity (Wildman–Crippen MR) is 158 cm³/mol. The number of Topliss-reactive ketones (excluding diaryl/α,β-unsaturated/α-hetero) is 1. The van der Waals surface area contributed by atoms with Gasteiger partial charge in [0.25, 0.3) is 5.91 Å². The number of aromatic nitrogens is 2. The second-order valence-corrected chi connectivity index (χ2v) is 11.4. The van der Waals surface area contributed by atoms with Crippen LogP contribution in [-0.4, -0.2) is 63.3 Å². The number of halogens is 1. The molecule has 1 saturated heterocycles. The Hall–Kier alpha value is -3.72. The molecular formula is C32H33ClN4O4. The normalized spacial score (nSPS) is 17.0. The highest BCUT2D eigenvalue weighted by Crippen LogP contribution is 2.34. The number of fused-ring (bicyclic) bond motifs is 1. The van der Waals surface area contributed by atoms with Crippen LogP contribution in [0.25, 0.3) is 22.0 Å². The van der Waals surface area contributed by atoms with E-state index in [-0.39, 0.29) is 11.7 Å². The third kappa shape index (κ3) is 6.15. The van der Waals surface area contributed by atoms with Crippen LogP contribution < -0.4 is 10.1 Å². The summed E-state index contributed by atoms with van der Waals surface area (Å²) in [5.41, 5.74) is 3.81. The number of aliphatic hydroxyl groups is 1. The first-order valence-electron chi connectivity index (χ1n) is 14.1. The number of benzene rings is 3. The van der Waals surface area contributed by atoms with Crippen LogP contribution in [0.1, 0.15) is 47.7 Å². The number of carbonyl (C=O) groups excluding carboxylic acids is 2. The van der Waals surface area contributed by atoms with Crippen molar-refractivity contribution in [2.45, 2.75) is 43.9 Å². The van der Waals surface area contributed by atoms with E-state index in [9.17, 15) is 14.7 Å². The van der Waals surface area contributed by atoms with E-state index in [0.29, 0.717) is 22.9 Å². The summed E-state index contributed by atoms with van der Waals surface area (Å²) in [5, 5.41) is 19.9. The summed E-state index contributed by atoms with van der Waals surface area (Å²) in [4.78, 5) is 28.5. The molecule has 0 unspecified atom stereocenters. The summed E-state index contributed by atoms with van der Waals surface area (Å²) in [6.45, 7) is 2.19. The second kappa shape index (κ2) is 11.6. The number of aliphatic hydroxyl groups excluding tert-OH is 1. The van der Waals surface area contributed by atoms with E-state index in [1.807, 2.05) is 48.3 Å². The molecule has 3 aromatic carbocycles. The van der Waals surface area contributed by atoms with Crippen LogP contribution in [0.3, 0.4) is 0 Å². The average Bonchev–Trinajstić information content (AvgIpc) is 3.51. The Kier molecular flexibility index (Phi) is 7.79. The summed E-state index contributed by atoms with van der Waals surface area (Å²) >= 11 is 6.45. The SMILES string of the molecule is Cn1ncc2cc(-c3ccc(C(=O)C(=O)N[C@H](CN4CCCC4)[C@H](O)c4ccc(OC5CC5)c(Cl)c4)cc3)ccc21. The number of nitrogens with one attached hydrogen (secondary N) is 1. The number of hydrogen-bond acceptors (Lipinski definition) is 6. The van der Waals surface area contributed by atoms with E-state index in [2.05, 4.69) is 15.3 Å². The highest BCUT2D eigenvalue weighted by atomic mass is 35.5. The van der Waals surface area contributed by atoms with Crippen molar-refractivity contribution < 1.29 is 19.4 Å². The van der Waals surface area contributed by atoms with Gasteiger partial charge in [0.05, 0.1) is 28.9 Å². The van der Waals surface area contributed by atoms with Gasteiger partial charge in [-0.25, -0.2) is 0 Å². The molecule has 1 aliphatic carbocycles. The maximum atomic E-state index is 13.2. The lowest BCUT2D eigenvalue weighted by Crippen LogP contribution is -2.48. The summed E-state index contributed by atoms with van der Waals surface area (Å²) in [7, 11) is 1.90. The molecule has 9 heteroatoms. The van der Waals surface area contributed by atoms with Crippen molar-refractivity contribution in [3.8, 4) is 16.9 Å². The molecule has 0 radical (unpaired) electrons. The zero-order valence-corrected chi connectivity index (χ0v) is 23.7. The van der Waals surface area contributed by atoms with Crippen LogP contribution in [0, 0.1) is 0 Å². The van der Waals surface area contributed by atoms with Gasteiger partial charge in [0.15, 0.2) is 0 Å². The molecule has 0 bridgehead atoms. The molecule has 0 spiro atoms. The number of rotatable bonds is 10. The number of carbonyl (C=O) groups is 2. The maximum absolute atomic E-state index is 13.2. The minimum absolute atomic E-state index is 0.204. The van der Waals surface area contributed by atoms with Gasteiger partial charge in [-0.15, -0.1) is 0 Å². The van der Waals surface area contributed by atoms with E-state index in [4.69, 9.17) is 16.3 Å². The van der Waals surface area contributed by atoms with Crippen molar-refractivity contribution in [3.63, 3.8) is 0 Å². The van der Waals surface area contributed by atoms with Gasteiger partial charge in [-0.1, -0.05) is 48.0 Å². The molecule has 2 heterocycles. The van der Waals surface area contributed by atoms with Crippen molar-refractivity contribution in [2.75, 3.05) is 19.6 Å². The Morgan fingerprint density at radius 1 is 1.05 bits per heavy atom. The number of hydrogen-bond donors (Lipinski definition) is 2. The molecule has 2 fully saturated rings. The molecule has 2 atom stereocenters. The number of likely N-dealkylation sites (tertiary alicyclic amines) is 1.